The molecule has 0 spiro atoms. The van der Waals surface area contributed by atoms with Gasteiger partial charge in [0, 0.05) is 29.4 Å². The molecule has 5 heteroatoms. The monoisotopic (exact) mass is 304 g/mol. The van der Waals surface area contributed by atoms with Gasteiger partial charge < -0.3 is 15.4 Å². The van der Waals surface area contributed by atoms with Gasteiger partial charge in [-0.2, -0.15) is 0 Å². The number of hydrogen-bond donors (Lipinski definition) is 2. The molecular formula is C16H17ClN2O2. The molecule has 0 fully saturated rings. The van der Waals surface area contributed by atoms with Crippen molar-refractivity contribution in [3.05, 3.63) is 53.6 Å². The molecule has 2 aromatic carbocycles. The lowest BCUT2D eigenvalue weighted by Gasteiger charge is -2.08. The Kier molecular flexibility index (Phi) is 5.46. The molecule has 0 aliphatic rings. The highest BCUT2D eigenvalue weighted by atomic mass is 35.5. The first-order valence-electron chi connectivity index (χ1n) is 6.61. The van der Waals surface area contributed by atoms with Crippen molar-refractivity contribution in [3.63, 3.8) is 0 Å². The molecule has 0 saturated carbocycles. The van der Waals surface area contributed by atoms with E-state index in [2.05, 4.69) is 10.6 Å². The van der Waals surface area contributed by atoms with Crippen LogP contribution in [0.2, 0.25) is 5.02 Å². The van der Waals surface area contributed by atoms with Gasteiger partial charge in [-0.15, -0.1) is 0 Å². The summed E-state index contributed by atoms with van der Waals surface area (Å²) in [5.74, 6) is 0.713. The van der Waals surface area contributed by atoms with E-state index < -0.39 is 0 Å². The maximum Gasteiger partial charge on any atom is 0.226 e. The van der Waals surface area contributed by atoms with E-state index in [1.807, 2.05) is 24.3 Å². The molecule has 0 bridgehead atoms. The molecule has 0 heterocycles. The van der Waals surface area contributed by atoms with Crippen molar-refractivity contribution in [3.8, 4) is 5.75 Å². The van der Waals surface area contributed by atoms with Crippen molar-refractivity contribution in [2.75, 3.05) is 24.3 Å². The second-order valence-electron chi connectivity index (χ2n) is 4.46. The SMILES string of the molecule is COc1ccc(NC(=O)CCNc2cccc(Cl)c2)cc1. The van der Waals surface area contributed by atoms with Crippen LogP contribution in [-0.4, -0.2) is 19.6 Å². The number of methoxy groups -OCH3 is 1. The lowest BCUT2D eigenvalue weighted by Crippen LogP contribution is -2.16. The fourth-order valence-corrected chi connectivity index (χ4v) is 2.01. The van der Waals surface area contributed by atoms with Gasteiger partial charge in [-0.3, -0.25) is 4.79 Å². The molecular weight excluding hydrogens is 288 g/mol. The molecule has 2 rings (SSSR count). The molecule has 4 nitrogen and oxygen atoms in total. The van der Waals surface area contributed by atoms with Gasteiger partial charge in [0.05, 0.1) is 7.11 Å². The summed E-state index contributed by atoms with van der Waals surface area (Å²) in [6.07, 6.45) is 0.374. The Morgan fingerprint density at radius 2 is 1.90 bits per heavy atom. The van der Waals surface area contributed by atoms with Crippen LogP contribution in [0.25, 0.3) is 0 Å². The molecule has 0 saturated heterocycles. The third kappa shape index (κ3) is 5.00. The normalized spacial score (nSPS) is 10.0. The first-order chi connectivity index (χ1) is 10.2. The molecule has 0 aliphatic carbocycles. The van der Waals surface area contributed by atoms with Crippen LogP contribution in [0.5, 0.6) is 5.75 Å². The fraction of sp³-hybridized carbons (Fsp3) is 0.188. The minimum Gasteiger partial charge on any atom is -0.497 e. The van der Waals surface area contributed by atoms with Crippen molar-refractivity contribution in [2.24, 2.45) is 0 Å². The van der Waals surface area contributed by atoms with Crippen LogP contribution in [0.3, 0.4) is 0 Å². The Morgan fingerprint density at radius 3 is 2.57 bits per heavy atom. The van der Waals surface area contributed by atoms with Gasteiger partial charge in [-0.1, -0.05) is 17.7 Å². The van der Waals surface area contributed by atoms with Gasteiger partial charge in [0.15, 0.2) is 0 Å². The van der Waals surface area contributed by atoms with E-state index in [1.54, 1.807) is 31.4 Å². The van der Waals surface area contributed by atoms with E-state index in [0.29, 0.717) is 18.0 Å². The maximum absolute atomic E-state index is 11.8. The van der Waals surface area contributed by atoms with E-state index in [1.165, 1.54) is 0 Å². The highest BCUT2D eigenvalue weighted by molar-refractivity contribution is 6.30. The Bertz CT molecular complexity index is 599. The van der Waals surface area contributed by atoms with Crippen molar-refractivity contribution in [1.82, 2.24) is 0 Å². The lowest BCUT2D eigenvalue weighted by atomic mass is 10.3. The zero-order valence-electron chi connectivity index (χ0n) is 11.7. The quantitative estimate of drug-likeness (QED) is 0.853. The summed E-state index contributed by atoms with van der Waals surface area (Å²) >= 11 is 5.89. The number of amides is 1. The second kappa shape index (κ2) is 7.55. The number of benzene rings is 2. The molecule has 0 unspecified atom stereocenters. The van der Waals surface area contributed by atoms with Crippen molar-refractivity contribution >= 4 is 28.9 Å². The molecule has 2 N–H and O–H groups in total. The third-order valence-electron chi connectivity index (χ3n) is 2.88. The van der Waals surface area contributed by atoms with E-state index >= 15 is 0 Å². The van der Waals surface area contributed by atoms with Gasteiger partial charge in [0.2, 0.25) is 5.91 Å². The van der Waals surface area contributed by atoms with Crippen LogP contribution >= 0.6 is 11.6 Å². The topological polar surface area (TPSA) is 50.4 Å². The van der Waals surface area contributed by atoms with Crippen LogP contribution in [0.1, 0.15) is 6.42 Å². The maximum atomic E-state index is 11.8. The van der Waals surface area contributed by atoms with Gasteiger partial charge in [0.1, 0.15) is 5.75 Å². The van der Waals surface area contributed by atoms with E-state index in [0.717, 1.165) is 17.1 Å². The van der Waals surface area contributed by atoms with Crippen molar-refractivity contribution in [1.29, 1.82) is 0 Å². The summed E-state index contributed by atoms with van der Waals surface area (Å²) in [6.45, 7) is 0.544. The van der Waals surface area contributed by atoms with E-state index in [4.69, 9.17) is 16.3 Å². The van der Waals surface area contributed by atoms with Crippen LogP contribution in [0.4, 0.5) is 11.4 Å². The molecule has 21 heavy (non-hydrogen) atoms. The summed E-state index contributed by atoms with van der Waals surface area (Å²) < 4.78 is 5.06. The molecule has 110 valence electrons. The van der Waals surface area contributed by atoms with Gasteiger partial charge in [0.25, 0.3) is 0 Å². The van der Waals surface area contributed by atoms with Crippen LogP contribution in [0, 0.1) is 0 Å². The van der Waals surface area contributed by atoms with Crippen LogP contribution in [0.15, 0.2) is 48.5 Å². The predicted octanol–water partition coefficient (Wildman–Crippen LogP) is 3.79. The number of halogens is 1. The zero-order valence-corrected chi connectivity index (χ0v) is 12.5. The average Bonchev–Trinajstić information content (AvgIpc) is 2.48. The lowest BCUT2D eigenvalue weighted by molar-refractivity contribution is -0.115. The Hall–Kier alpha value is -2.20. The number of hydrogen-bond acceptors (Lipinski definition) is 3. The van der Waals surface area contributed by atoms with E-state index in [9.17, 15) is 4.79 Å². The van der Waals surface area contributed by atoms with Gasteiger partial charge in [-0.05, 0) is 42.5 Å². The summed E-state index contributed by atoms with van der Waals surface area (Å²) in [6, 6.07) is 14.6. The number of carbonyl (C=O) groups excluding carboxylic acids is 1. The van der Waals surface area contributed by atoms with Gasteiger partial charge >= 0.3 is 0 Å². The first kappa shape index (κ1) is 15.2. The molecule has 2 aromatic rings. The third-order valence-corrected chi connectivity index (χ3v) is 3.11. The van der Waals surface area contributed by atoms with Crippen LogP contribution in [-0.2, 0) is 4.79 Å². The Morgan fingerprint density at radius 1 is 1.14 bits per heavy atom. The summed E-state index contributed by atoms with van der Waals surface area (Å²) in [5.41, 5.74) is 1.66. The summed E-state index contributed by atoms with van der Waals surface area (Å²) in [4.78, 5) is 11.8. The average molecular weight is 305 g/mol. The minimum absolute atomic E-state index is 0.0466. The number of anilines is 2. The highest BCUT2D eigenvalue weighted by Crippen LogP contribution is 2.16. The summed E-state index contributed by atoms with van der Waals surface area (Å²) in [5, 5.41) is 6.65. The van der Waals surface area contributed by atoms with Crippen molar-refractivity contribution in [2.45, 2.75) is 6.42 Å². The molecule has 1 amide bonds. The minimum atomic E-state index is -0.0466. The largest absolute Gasteiger partial charge is 0.497 e. The molecule has 0 radical (unpaired) electrons. The molecule has 0 aliphatic heterocycles. The van der Waals surface area contributed by atoms with Crippen molar-refractivity contribution < 1.29 is 9.53 Å². The first-order valence-corrected chi connectivity index (χ1v) is 6.98. The number of rotatable bonds is 6. The van der Waals surface area contributed by atoms with E-state index in [-0.39, 0.29) is 5.91 Å². The second-order valence-corrected chi connectivity index (χ2v) is 4.90. The summed E-state index contributed by atoms with van der Waals surface area (Å²) in [7, 11) is 1.61. The van der Waals surface area contributed by atoms with Gasteiger partial charge in [-0.25, -0.2) is 0 Å². The van der Waals surface area contributed by atoms with Crippen LogP contribution < -0.4 is 15.4 Å². The molecule has 0 aromatic heterocycles. The highest BCUT2D eigenvalue weighted by Gasteiger charge is 2.02. The Balaban J connectivity index is 1.76. The number of nitrogens with one attached hydrogen (secondary N) is 2. The fourth-order valence-electron chi connectivity index (χ4n) is 1.82. The number of carbonyl (C=O) groups is 1. The smallest absolute Gasteiger partial charge is 0.226 e. The standard InChI is InChI=1S/C16H17ClN2O2/c1-21-15-7-5-13(6-8-15)19-16(20)9-10-18-14-4-2-3-12(17)11-14/h2-8,11,18H,9-10H2,1H3,(H,19,20). The Labute approximate surface area is 129 Å². The molecule has 0 atom stereocenters. The predicted molar refractivity (Wildman–Crippen MR) is 86.2 cm³/mol. The zero-order chi connectivity index (χ0) is 15.1. The number of ether oxygens (including phenoxy) is 1.